The number of methoxy groups -OCH3 is 1. The lowest BCUT2D eigenvalue weighted by Gasteiger charge is -2.21. The maximum absolute atomic E-state index is 5.07. The monoisotopic (exact) mass is 308 g/mol. The van der Waals surface area contributed by atoms with Crippen LogP contribution in [0.5, 0.6) is 0 Å². The van der Waals surface area contributed by atoms with Gasteiger partial charge in [0.05, 0.1) is 12.3 Å². The second-order valence-electron chi connectivity index (χ2n) is 5.17. The normalized spacial score (nSPS) is 11.0. The van der Waals surface area contributed by atoms with Gasteiger partial charge in [-0.15, -0.1) is 0 Å². The Morgan fingerprint density at radius 3 is 2.95 bits per heavy atom. The van der Waals surface area contributed by atoms with Crippen LogP contribution >= 0.6 is 11.3 Å². The fourth-order valence-corrected chi connectivity index (χ4v) is 3.15. The maximum atomic E-state index is 5.07. The Morgan fingerprint density at radius 2 is 2.29 bits per heavy atom. The van der Waals surface area contributed by atoms with Crippen molar-refractivity contribution in [2.45, 2.75) is 20.0 Å². The maximum Gasteiger partial charge on any atom is 0.131 e. The highest BCUT2D eigenvalue weighted by molar-refractivity contribution is 7.07. The van der Waals surface area contributed by atoms with Gasteiger partial charge in [0.2, 0.25) is 0 Å². The van der Waals surface area contributed by atoms with Gasteiger partial charge in [-0.3, -0.25) is 4.68 Å². The van der Waals surface area contributed by atoms with Crippen LogP contribution in [0.15, 0.2) is 16.8 Å². The van der Waals surface area contributed by atoms with Crippen molar-refractivity contribution in [1.82, 2.24) is 15.1 Å². The van der Waals surface area contributed by atoms with E-state index in [9.17, 15) is 0 Å². The summed E-state index contributed by atoms with van der Waals surface area (Å²) in [6, 6.07) is 2.17. The quantitative estimate of drug-likeness (QED) is 0.759. The second-order valence-corrected chi connectivity index (χ2v) is 5.95. The molecule has 21 heavy (non-hydrogen) atoms. The molecule has 5 nitrogen and oxygen atoms in total. The molecule has 2 heterocycles. The summed E-state index contributed by atoms with van der Waals surface area (Å²) in [6.07, 6.45) is 0. The Labute approximate surface area is 130 Å². The van der Waals surface area contributed by atoms with Gasteiger partial charge in [-0.25, -0.2) is 0 Å². The zero-order chi connectivity index (χ0) is 15.2. The molecule has 2 aromatic heterocycles. The van der Waals surface area contributed by atoms with E-state index >= 15 is 0 Å². The largest absolute Gasteiger partial charge is 0.383 e. The van der Waals surface area contributed by atoms with Crippen LogP contribution < -0.4 is 10.2 Å². The van der Waals surface area contributed by atoms with Crippen LogP contribution in [0, 0.1) is 6.92 Å². The van der Waals surface area contributed by atoms with Crippen molar-refractivity contribution >= 4 is 17.2 Å². The van der Waals surface area contributed by atoms with E-state index < -0.39 is 0 Å². The second kappa shape index (κ2) is 7.59. The number of thiophene rings is 1. The van der Waals surface area contributed by atoms with Crippen molar-refractivity contribution in [3.63, 3.8) is 0 Å². The van der Waals surface area contributed by atoms with E-state index in [2.05, 4.69) is 46.1 Å². The fraction of sp³-hybridized carbons (Fsp3) is 0.533. The molecule has 0 saturated carbocycles. The third kappa shape index (κ3) is 4.06. The van der Waals surface area contributed by atoms with Crippen LogP contribution in [0.25, 0.3) is 0 Å². The number of ether oxygens (including phenoxy) is 1. The van der Waals surface area contributed by atoms with E-state index in [4.69, 9.17) is 4.74 Å². The molecule has 0 unspecified atom stereocenters. The number of nitrogens with zero attached hydrogens (tertiary/aromatic N) is 3. The third-order valence-electron chi connectivity index (χ3n) is 3.46. The number of rotatable bonds is 8. The van der Waals surface area contributed by atoms with Gasteiger partial charge in [0.15, 0.2) is 0 Å². The molecule has 0 saturated heterocycles. The summed E-state index contributed by atoms with van der Waals surface area (Å²) in [4.78, 5) is 2.26. The van der Waals surface area contributed by atoms with Crippen LogP contribution in [0.3, 0.4) is 0 Å². The van der Waals surface area contributed by atoms with Gasteiger partial charge in [-0.2, -0.15) is 16.4 Å². The number of aromatic nitrogens is 2. The highest BCUT2D eigenvalue weighted by atomic mass is 32.1. The molecule has 0 aliphatic carbocycles. The summed E-state index contributed by atoms with van der Waals surface area (Å²) in [5.74, 6) is 1.17. The molecule has 0 bridgehead atoms. The van der Waals surface area contributed by atoms with Crippen molar-refractivity contribution < 1.29 is 4.74 Å². The molecule has 116 valence electrons. The summed E-state index contributed by atoms with van der Waals surface area (Å²) in [6.45, 7) is 5.34. The van der Waals surface area contributed by atoms with Crippen molar-refractivity contribution in [1.29, 1.82) is 0 Å². The predicted molar refractivity (Wildman–Crippen MR) is 88.0 cm³/mol. The van der Waals surface area contributed by atoms with E-state index in [1.807, 2.05) is 11.7 Å². The molecular weight excluding hydrogens is 284 g/mol. The van der Waals surface area contributed by atoms with E-state index in [0.29, 0.717) is 0 Å². The Morgan fingerprint density at radius 1 is 1.48 bits per heavy atom. The highest BCUT2D eigenvalue weighted by Crippen LogP contribution is 2.24. The lowest BCUT2D eigenvalue weighted by molar-refractivity contribution is 0.199. The van der Waals surface area contributed by atoms with Crippen LogP contribution in [0.1, 0.15) is 16.8 Å². The summed E-state index contributed by atoms with van der Waals surface area (Å²) >= 11 is 1.73. The summed E-state index contributed by atoms with van der Waals surface area (Å²) in [7, 11) is 5.84. The third-order valence-corrected chi connectivity index (χ3v) is 4.19. The molecule has 0 atom stereocenters. The van der Waals surface area contributed by atoms with Gasteiger partial charge in [-0.1, -0.05) is 0 Å². The molecule has 0 radical (unpaired) electrons. The first kappa shape index (κ1) is 16.0. The average Bonchev–Trinajstić information content (AvgIpc) is 3.03. The lowest BCUT2D eigenvalue weighted by Crippen LogP contribution is -2.23. The minimum Gasteiger partial charge on any atom is -0.383 e. The van der Waals surface area contributed by atoms with Crippen LogP contribution in [0.4, 0.5) is 5.82 Å². The predicted octanol–water partition coefficient (Wildman–Crippen LogP) is 2.16. The summed E-state index contributed by atoms with van der Waals surface area (Å²) in [5, 5.41) is 12.3. The van der Waals surface area contributed by atoms with Crippen LogP contribution in [0.2, 0.25) is 0 Å². The number of nitrogens with one attached hydrogen (secondary N) is 1. The minimum absolute atomic E-state index is 0.722. The first-order valence-electron chi connectivity index (χ1n) is 7.07. The van der Waals surface area contributed by atoms with Crippen molar-refractivity contribution in [2.24, 2.45) is 7.05 Å². The standard InChI is InChI=1S/C15H24N4OS/c1-12-14(9-16-6-7-20-4)15(19(3)17-12)18(2)10-13-5-8-21-11-13/h5,8,11,16H,6-7,9-10H2,1-4H3. The zero-order valence-electron chi connectivity index (χ0n) is 13.2. The topological polar surface area (TPSA) is 42.3 Å². The molecule has 1 N–H and O–H groups in total. The van der Waals surface area contributed by atoms with Gasteiger partial charge in [0, 0.05) is 46.4 Å². The van der Waals surface area contributed by atoms with Crippen LogP contribution in [-0.4, -0.2) is 37.1 Å². The zero-order valence-corrected chi connectivity index (χ0v) is 14.0. The molecule has 0 aliphatic heterocycles. The summed E-state index contributed by atoms with van der Waals surface area (Å²) in [5.41, 5.74) is 3.67. The first-order valence-corrected chi connectivity index (χ1v) is 8.02. The molecule has 0 spiro atoms. The number of hydrogen-bond acceptors (Lipinski definition) is 5. The van der Waals surface area contributed by atoms with Crippen molar-refractivity contribution in [3.05, 3.63) is 33.6 Å². The number of anilines is 1. The molecule has 0 fully saturated rings. The molecule has 0 aromatic carbocycles. The van der Waals surface area contributed by atoms with E-state index in [0.717, 1.165) is 31.9 Å². The van der Waals surface area contributed by atoms with Gasteiger partial charge in [0.1, 0.15) is 5.82 Å². The summed E-state index contributed by atoms with van der Waals surface area (Å²) < 4.78 is 7.04. The SMILES string of the molecule is COCCNCc1c(C)nn(C)c1N(C)Cc1ccsc1. The Hall–Kier alpha value is -1.37. The van der Waals surface area contributed by atoms with Gasteiger partial charge < -0.3 is 15.0 Å². The number of hydrogen-bond donors (Lipinski definition) is 1. The van der Waals surface area contributed by atoms with E-state index in [1.165, 1.54) is 16.9 Å². The Bertz CT molecular complexity index is 550. The van der Waals surface area contributed by atoms with Gasteiger partial charge in [0.25, 0.3) is 0 Å². The molecular formula is C15H24N4OS. The van der Waals surface area contributed by atoms with Gasteiger partial charge in [-0.05, 0) is 29.3 Å². The van der Waals surface area contributed by atoms with E-state index in [1.54, 1.807) is 18.4 Å². The molecule has 0 amide bonds. The smallest absolute Gasteiger partial charge is 0.131 e. The number of aryl methyl sites for hydroxylation is 2. The highest BCUT2D eigenvalue weighted by Gasteiger charge is 2.16. The lowest BCUT2D eigenvalue weighted by atomic mass is 10.2. The molecule has 2 aromatic rings. The van der Waals surface area contributed by atoms with Crippen molar-refractivity contribution in [2.75, 3.05) is 32.2 Å². The minimum atomic E-state index is 0.722. The molecule has 2 rings (SSSR count). The van der Waals surface area contributed by atoms with Crippen LogP contribution in [-0.2, 0) is 24.9 Å². The average molecular weight is 308 g/mol. The molecule has 6 heteroatoms. The first-order chi connectivity index (χ1) is 10.1. The van der Waals surface area contributed by atoms with E-state index in [-0.39, 0.29) is 0 Å². The fourth-order valence-electron chi connectivity index (χ4n) is 2.49. The van der Waals surface area contributed by atoms with Gasteiger partial charge >= 0.3 is 0 Å². The Balaban J connectivity index is 2.09. The Kier molecular flexibility index (Phi) is 5.78. The molecule has 0 aliphatic rings. The van der Waals surface area contributed by atoms with Crippen molar-refractivity contribution in [3.8, 4) is 0 Å².